The molecule has 4 heteroatoms. The van der Waals surface area contributed by atoms with Gasteiger partial charge in [0, 0.05) is 6.61 Å². The molecule has 0 aliphatic heterocycles. The molecule has 0 aromatic rings. The number of fused-ring (bicyclic) bond motifs is 1. The molecule has 0 spiro atoms. The summed E-state index contributed by atoms with van der Waals surface area (Å²) in [5, 5.41) is 28.4. The van der Waals surface area contributed by atoms with Gasteiger partial charge < -0.3 is 20.1 Å². The van der Waals surface area contributed by atoms with Crippen LogP contribution >= 0.6 is 0 Å². The predicted molar refractivity (Wildman–Crippen MR) is 121 cm³/mol. The van der Waals surface area contributed by atoms with Gasteiger partial charge in [0.15, 0.2) is 6.29 Å². The van der Waals surface area contributed by atoms with Crippen molar-refractivity contribution in [3.63, 3.8) is 0 Å². The van der Waals surface area contributed by atoms with Gasteiger partial charge in [0.2, 0.25) is 0 Å². The Bertz CT molecular complexity index is 664. The van der Waals surface area contributed by atoms with Crippen molar-refractivity contribution in [3.05, 3.63) is 35.5 Å². The van der Waals surface area contributed by atoms with Crippen molar-refractivity contribution in [1.82, 2.24) is 0 Å². The number of hydrogen-bond acceptors (Lipinski definition) is 4. The summed E-state index contributed by atoms with van der Waals surface area (Å²) in [5.74, 6) is 1.90. The van der Waals surface area contributed by atoms with E-state index >= 15 is 0 Å². The highest BCUT2D eigenvalue weighted by atomic mass is 16.5. The molecule has 0 aromatic heterocycles. The van der Waals surface area contributed by atoms with E-state index in [4.69, 9.17) is 4.74 Å². The molecule has 4 nitrogen and oxygen atoms in total. The van der Waals surface area contributed by atoms with Crippen LogP contribution in [0.15, 0.2) is 35.5 Å². The summed E-state index contributed by atoms with van der Waals surface area (Å²) in [4.78, 5) is 0. The lowest BCUT2D eigenvalue weighted by atomic mass is 9.61. The number of rotatable bonds is 7. The monoisotopic (exact) mass is 418 g/mol. The van der Waals surface area contributed by atoms with Crippen molar-refractivity contribution in [2.45, 2.75) is 97.1 Å². The van der Waals surface area contributed by atoms with Crippen molar-refractivity contribution in [1.29, 1.82) is 0 Å². The molecule has 3 fully saturated rings. The van der Waals surface area contributed by atoms with Gasteiger partial charge >= 0.3 is 0 Å². The van der Waals surface area contributed by atoms with Crippen LogP contribution < -0.4 is 0 Å². The highest BCUT2D eigenvalue weighted by molar-refractivity contribution is 5.36. The molecule has 3 aliphatic carbocycles. The average molecular weight is 419 g/mol. The van der Waals surface area contributed by atoms with E-state index in [2.05, 4.69) is 32.6 Å². The van der Waals surface area contributed by atoms with E-state index < -0.39 is 12.4 Å². The van der Waals surface area contributed by atoms with Crippen LogP contribution in [-0.2, 0) is 4.74 Å². The van der Waals surface area contributed by atoms with Gasteiger partial charge in [0.25, 0.3) is 0 Å². The van der Waals surface area contributed by atoms with E-state index in [1.807, 2.05) is 0 Å². The van der Waals surface area contributed by atoms with Gasteiger partial charge in [-0.1, -0.05) is 43.7 Å². The van der Waals surface area contributed by atoms with E-state index in [0.717, 1.165) is 25.7 Å². The summed E-state index contributed by atoms with van der Waals surface area (Å²) in [7, 11) is 0. The van der Waals surface area contributed by atoms with Crippen molar-refractivity contribution < 1.29 is 20.1 Å². The topological polar surface area (TPSA) is 69.9 Å². The Morgan fingerprint density at radius 3 is 2.67 bits per heavy atom. The van der Waals surface area contributed by atoms with Gasteiger partial charge in [-0.05, 0) is 93.5 Å². The molecule has 2 unspecified atom stereocenters. The fraction of sp³-hybridized carbons (Fsp3) is 0.769. The molecule has 0 saturated heterocycles. The van der Waals surface area contributed by atoms with Gasteiger partial charge in [-0.3, -0.25) is 0 Å². The highest BCUT2D eigenvalue weighted by Crippen LogP contribution is 2.59. The standard InChI is InChI=1S/C26H42O4/c1-17-7-10-22(27)16-21(17)9-8-20-6-5-14-26(4)23(11-12-24(20)26)18(2)13-15-30-19(3)25(28)29/h8-9,18-19,22-25,27-29H,1,5-7,10-16H2,2-4H3/b20-8+,21-9-/t18-,19?,22+,23-,24?,26-/m1/s1. The molecule has 3 aliphatic rings. The second-order valence-electron chi connectivity index (χ2n) is 10.3. The number of allylic oxidation sites excluding steroid dienone is 4. The first-order chi connectivity index (χ1) is 14.2. The third-order valence-electron chi connectivity index (χ3n) is 8.29. The van der Waals surface area contributed by atoms with Crippen LogP contribution in [0.25, 0.3) is 0 Å². The Morgan fingerprint density at radius 2 is 1.93 bits per heavy atom. The molecular formula is C26H42O4. The van der Waals surface area contributed by atoms with Gasteiger partial charge in [-0.15, -0.1) is 0 Å². The lowest BCUT2D eigenvalue weighted by molar-refractivity contribution is -0.140. The zero-order valence-corrected chi connectivity index (χ0v) is 19.1. The van der Waals surface area contributed by atoms with Gasteiger partial charge in [-0.2, -0.15) is 0 Å². The molecule has 0 heterocycles. The van der Waals surface area contributed by atoms with Crippen LogP contribution in [0.5, 0.6) is 0 Å². The van der Waals surface area contributed by atoms with E-state index in [0.29, 0.717) is 29.8 Å². The first kappa shape index (κ1) is 23.7. The maximum absolute atomic E-state index is 10.0. The maximum atomic E-state index is 10.0. The number of hydrogen-bond donors (Lipinski definition) is 3. The van der Waals surface area contributed by atoms with E-state index in [-0.39, 0.29) is 6.10 Å². The summed E-state index contributed by atoms with van der Waals surface area (Å²) >= 11 is 0. The molecular weight excluding hydrogens is 376 g/mol. The second-order valence-corrected chi connectivity index (χ2v) is 10.3. The molecule has 0 radical (unpaired) electrons. The number of ether oxygens (including phenoxy) is 1. The largest absolute Gasteiger partial charge is 0.393 e. The fourth-order valence-corrected chi connectivity index (χ4v) is 6.34. The summed E-state index contributed by atoms with van der Waals surface area (Å²) in [6.45, 7) is 11.3. The van der Waals surface area contributed by atoms with Crippen molar-refractivity contribution in [3.8, 4) is 0 Å². The van der Waals surface area contributed by atoms with Crippen LogP contribution in [0.1, 0.15) is 78.6 Å². The SMILES string of the molecule is C=C1CC[C@H](O)C/C1=C/C=C1\CCC[C@@]2(C)C1CC[C@@H]2[C@H](C)CCOC(C)C(O)O. The van der Waals surface area contributed by atoms with E-state index in [9.17, 15) is 15.3 Å². The Kier molecular flexibility index (Phi) is 8.00. The Labute approximate surface area is 182 Å². The van der Waals surface area contributed by atoms with Crippen LogP contribution in [0.4, 0.5) is 0 Å². The van der Waals surface area contributed by atoms with Crippen LogP contribution in [0, 0.1) is 23.2 Å². The minimum Gasteiger partial charge on any atom is -0.393 e. The normalized spacial score (nSPS) is 37.0. The molecule has 3 rings (SSSR count). The van der Waals surface area contributed by atoms with Gasteiger partial charge in [-0.25, -0.2) is 0 Å². The lowest BCUT2D eigenvalue weighted by Gasteiger charge is -2.44. The van der Waals surface area contributed by atoms with Crippen LogP contribution in [-0.4, -0.2) is 40.4 Å². The Balaban J connectivity index is 1.65. The smallest absolute Gasteiger partial charge is 0.178 e. The first-order valence-electron chi connectivity index (χ1n) is 12.0. The van der Waals surface area contributed by atoms with Crippen molar-refractivity contribution in [2.75, 3.05) is 6.61 Å². The van der Waals surface area contributed by atoms with Gasteiger partial charge in [0.05, 0.1) is 6.10 Å². The maximum Gasteiger partial charge on any atom is 0.178 e. The third-order valence-corrected chi connectivity index (χ3v) is 8.29. The quantitative estimate of drug-likeness (QED) is 0.514. The van der Waals surface area contributed by atoms with Crippen LogP contribution in [0.2, 0.25) is 0 Å². The summed E-state index contributed by atoms with van der Waals surface area (Å²) in [5.41, 5.74) is 4.35. The first-order valence-corrected chi connectivity index (χ1v) is 12.0. The molecule has 6 atom stereocenters. The molecule has 3 saturated carbocycles. The van der Waals surface area contributed by atoms with Crippen LogP contribution in [0.3, 0.4) is 0 Å². The molecule has 30 heavy (non-hydrogen) atoms. The van der Waals surface area contributed by atoms with E-state index in [1.54, 1.807) is 12.5 Å². The average Bonchev–Trinajstić information content (AvgIpc) is 3.06. The third kappa shape index (κ3) is 5.27. The Morgan fingerprint density at radius 1 is 1.17 bits per heavy atom. The molecule has 0 bridgehead atoms. The fourth-order valence-electron chi connectivity index (χ4n) is 6.34. The highest BCUT2D eigenvalue weighted by Gasteiger charge is 2.50. The lowest BCUT2D eigenvalue weighted by Crippen LogP contribution is -2.36. The predicted octanol–water partition coefficient (Wildman–Crippen LogP) is 4.90. The summed E-state index contributed by atoms with van der Waals surface area (Å²) < 4.78 is 5.60. The summed E-state index contributed by atoms with van der Waals surface area (Å²) in [6.07, 6.45) is 12.2. The molecule has 170 valence electrons. The Hall–Kier alpha value is -0.940. The van der Waals surface area contributed by atoms with Gasteiger partial charge in [0.1, 0.15) is 6.10 Å². The molecule has 3 N–H and O–H groups in total. The minimum atomic E-state index is -1.41. The molecule has 0 amide bonds. The van der Waals surface area contributed by atoms with Crippen molar-refractivity contribution >= 4 is 0 Å². The van der Waals surface area contributed by atoms with Crippen molar-refractivity contribution in [2.24, 2.45) is 23.2 Å². The van der Waals surface area contributed by atoms with E-state index in [1.165, 1.54) is 43.3 Å². The number of aliphatic hydroxyl groups excluding tert-OH is 2. The number of aliphatic hydroxyl groups is 3. The minimum absolute atomic E-state index is 0.217. The molecule has 0 aromatic carbocycles. The second kappa shape index (κ2) is 10.1. The summed E-state index contributed by atoms with van der Waals surface area (Å²) in [6, 6.07) is 0. The zero-order chi connectivity index (χ0) is 21.9. The zero-order valence-electron chi connectivity index (χ0n) is 19.1.